The van der Waals surface area contributed by atoms with Crippen LogP contribution in [0.4, 0.5) is 4.79 Å². The summed E-state index contributed by atoms with van der Waals surface area (Å²) in [7, 11) is 0. The van der Waals surface area contributed by atoms with E-state index in [1.54, 1.807) is 0 Å². The molecule has 0 saturated carbocycles. The van der Waals surface area contributed by atoms with Crippen LogP contribution in [0.2, 0.25) is 0 Å². The smallest absolute Gasteiger partial charge is 0.430 e. The fourth-order valence-corrected chi connectivity index (χ4v) is 3.32. The van der Waals surface area contributed by atoms with Gasteiger partial charge in [-0.1, -0.05) is 44.2 Å². The minimum atomic E-state index is -0.588. The van der Waals surface area contributed by atoms with E-state index in [1.165, 1.54) is 5.56 Å². The molecule has 1 aromatic rings. The number of amides is 1. The van der Waals surface area contributed by atoms with Crippen LogP contribution < -0.4 is 0 Å². The fraction of sp³-hybridized carbons (Fsp3) is 0.556. The normalized spacial score (nSPS) is 20.3. The van der Waals surface area contributed by atoms with Gasteiger partial charge in [0.1, 0.15) is 6.61 Å². The average Bonchev–Trinajstić information content (AvgIpc) is 2.89. The van der Waals surface area contributed by atoms with Crippen molar-refractivity contribution in [3.8, 4) is 0 Å². The molecule has 0 atom stereocenters. The van der Waals surface area contributed by atoms with Crippen LogP contribution in [0.1, 0.15) is 38.7 Å². The molecule has 2 heterocycles. The molecule has 0 aromatic heterocycles. The molecule has 0 N–H and O–H groups in total. The topological polar surface area (TPSA) is 55.8 Å². The molecule has 0 unspecified atom stereocenters. The number of carbonyl (C=O) groups is 2. The third-order valence-corrected chi connectivity index (χ3v) is 4.93. The summed E-state index contributed by atoms with van der Waals surface area (Å²) < 4.78 is 10.2. The van der Waals surface area contributed by atoms with E-state index in [4.69, 9.17) is 9.47 Å². The first-order valence-electron chi connectivity index (χ1n) is 8.09. The van der Waals surface area contributed by atoms with Crippen molar-refractivity contribution in [2.24, 2.45) is 0 Å². The Kier molecular flexibility index (Phi) is 4.04. The molecule has 2 aliphatic heterocycles. The van der Waals surface area contributed by atoms with Gasteiger partial charge in [0.05, 0.1) is 0 Å². The van der Waals surface area contributed by atoms with E-state index in [2.05, 4.69) is 26.0 Å². The van der Waals surface area contributed by atoms with Gasteiger partial charge in [0.25, 0.3) is 0 Å². The average molecular weight is 317 g/mol. The second-order valence-corrected chi connectivity index (χ2v) is 7.13. The van der Waals surface area contributed by atoms with E-state index in [0.717, 1.165) is 0 Å². The van der Waals surface area contributed by atoms with Gasteiger partial charge in [-0.25, -0.2) is 4.79 Å². The van der Waals surface area contributed by atoms with Crippen molar-refractivity contribution < 1.29 is 19.1 Å². The SMILES string of the molecule is CC(C)(CC(=O)N1CCC2(CC1)COC(=O)O2)c1ccccc1. The summed E-state index contributed by atoms with van der Waals surface area (Å²) >= 11 is 0. The Labute approximate surface area is 136 Å². The molecule has 1 amide bonds. The van der Waals surface area contributed by atoms with E-state index in [9.17, 15) is 9.59 Å². The molecule has 1 spiro atoms. The highest BCUT2D eigenvalue weighted by Gasteiger charge is 2.45. The minimum Gasteiger partial charge on any atom is -0.430 e. The van der Waals surface area contributed by atoms with Crippen molar-refractivity contribution in [3.63, 3.8) is 0 Å². The summed E-state index contributed by atoms with van der Waals surface area (Å²) in [6, 6.07) is 10.1. The second kappa shape index (κ2) is 5.87. The molecule has 0 radical (unpaired) electrons. The van der Waals surface area contributed by atoms with E-state index in [0.29, 0.717) is 39.0 Å². The van der Waals surface area contributed by atoms with Gasteiger partial charge in [-0.3, -0.25) is 4.79 Å². The van der Waals surface area contributed by atoms with Crippen LogP contribution in [-0.2, 0) is 19.7 Å². The predicted molar refractivity (Wildman–Crippen MR) is 85.1 cm³/mol. The van der Waals surface area contributed by atoms with Gasteiger partial charge in [0.2, 0.25) is 5.91 Å². The van der Waals surface area contributed by atoms with Gasteiger partial charge in [-0.2, -0.15) is 0 Å². The molecule has 1 aromatic carbocycles. The summed E-state index contributed by atoms with van der Waals surface area (Å²) in [5.41, 5.74) is 0.458. The number of ether oxygens (including phenoxy) is 2. The molecule has 0 aliphatic carbocycles. The van der Waals surface area contributed by atoms with E-state index < -0.39 is 11.8 Å². The summed E-state index contributed by atoms with van der Waals surface area (Å²) in [6.45, 7) is 5.72. The zero-order valence-electron chi connectivity index (χ0n) is 13.7. The van der Waals surface area contributed by atoms with Crippen molar-refractivity contribution in [3.05, 3.63) is 35.9 Å². The van der Waals surface area contributed by atoms with Crippen LogP contribution in [0.3, 0.4) is 0 Å². The Morgan fingerprint density at radius 2 is 1.87 bits per heavy atom. The molecular formula is C18H23NO4. The van der Waals surface area contributed by atoms with Crippen LogP contribution in [0.15, 0.2) is 30.3 Å². The molecule has 5 nitrogen and oxygen atoms in total. The summed E-state index contributed by atoms with van der Waals surface area (Å²) in [5.74, 6) is 0.152. The third-order valence-electron chi connectivity index (χ3n) is 4.93. The highest BCUT2D eigenvalue weighted by Crippen LogP contribution is 2.33. The molecule has 2 fully saturated rings. The Balaban J connectivity index is 1.59. The number of nitrogens with zero attached hydrogens (tertiary/aromatic N) is 1. The van der Waals surface area contributed by atoms with Gasteiger partial charge in [0, 0.05) is 32.4 Å². The highest BCUT2D eigenvalue weighted by atomic mass is 16.8. The maximum absolute atomic E-state index is 12.6. The van der Waals surface area contributed by atoms with Crippen LogP contribution in [0.5, 0.6) is 0 Å². The molecule has 23 heavy (non-hydrogen) atoms. The van der Waals surface area contributed by atoms with Crippen molar-refractivity contribution in [1.82, 2.24) is 4.90 Å². The first-order valence-corrected chi connectivity index (χ1v) is 8.09. The van der Waals surface area contributed by atoms with Crippen molar-refractivity contribution in [2.45, 2.75) is 44.1 Å². The maximum Gasteiger partial charge on any atom is 0.509 e. The lowest BCUT2D eigenvalue weighted by Gasteiger charge is -2.37. The van der Waals surface area contributed by atoms with E-state index in [-0.39, 0.29) is 11.3 Å². The van der Waals surface area contributed by atoms with Gasteiger partial charge in [0.15, 0.2) is 5.60 Å². The summed E-state index contributed by atoms with van der Waals surface area (Å²) in [4.78, 5) is 25.7. The number of rotatable bonds is 3. The number of carbonyl (C=O) groups excluding carboxylic acids is 2. The number of likely N-dealkylation sites (tertiary alicyclic amines) is 1. The Bertz CT molecular complexity index is 588. The number of benzene rings is 1. The standard InChI is InChI=1S/C18H23NO4/c1-17(2,14-6-4-3-5-7-14)12-15(20)19-10-8-18(9-11-19)13-22-16(21)23-18/h3-7H,8-13H2,1-2H3. The Morgan fingerprint density at radius 3 is 2.43 bits per heavy atom. The van der Waals surface area contributed by atoms with Crippen molar-refractivity contribution in [1.29, 1.82) is 0 Å². The van der Waals surface area contributed by atoms with Crippen LogP contribution in [0, 0.1) is 0 Å². The molecule has 124 valence electrons. The van der Waals surface area contributed by atoms with Crippen molar-refractivity contribution >= 4 is 12.1 Å². The Hall–Kier alpha value is -2.04. The van der Waals surface area contributed by atoms with Gasteiger partial charge < -0.3 is 14.4 Å². The summed E-state index contributed by atoms with van der Waals surface area (Å²) in [5, 5.41) is 0. The Morgan fingerprint density at radius 1 is 1.22 bits per heavy atom. The number of cyclic esters (lactones) is 1. The molecule has 2 saturated heterocycles. The van der Waals surface area contributed by atoms with Gasteiger partial charge >= 0.3 is 6.16 Å². The lowest BCUT2D eigenvalue weighted by atomic mass is 9.81. The zero-order chi connectivity index (χ0) is 16.5. The molecule has 5 heteroatoms. The van der Waals surface area contributed by atoms with E-state index in [1.807, 2.05) is 23.1 Å². The van der Waals surface area contributed by atoms with Gasteiger partial charge in [-0.15, -0.1) is 0 Å². The minimum absolute atomic E-state index is 0.152. The van der Waals surface area contributed by atoms with Crippen LogP contribution >= 0.6 is 0 Å². The fourth-order valence-electron chi connectivity index (χ4n) is 3.32. The highest BCUT2D eigenvalue weighted by molar-refractivity contribution is 5.78. The van der Waals surface area contributed by atoms with Gasteiger partial charge in [-0.05, 0) is 11.0 Å². The lowest BCUT2D eigenvalue weighted by molar-refractivity contribution is -0.135. The zero-order valence-corrected chi connectivity index (χ0v) is 13.7. The first-order chi connectivity index (χ1) is 10.9. The molecular weight excluding hydrogens is 294 g/mol. The quantitative estimate of drug-likeness (QED) is 0.804. The second-order valence-electron chi connectivity index (χ2n) is 7.13. The maximum atomic E-state index is 12.6. The lowest BCUT2D eigenvalue weighted by Crippen LogP contribution is -2.48. The van der Waals surface area contributed by atoms with Crippen LogP contribution in [0.25, 0.3) is 0 Å². The number of piperidine rings is 1. The molecule has 3 rings (SSSR count). The largest absolute Gasteiger partial charge is 0.509 e. The van der Waals surface area contributed by atoms with E-state index >= 15 is 0 Å². The third kappa shape index (κ3) is 3.33. The molecule has 0 bridgehead atoms. The monoisotopic (exact) mass is 317 g/mol. The van der Waals surface area contributed by atoms with Crippen LogP contribution in [-0.4, -0.2) is 42.3 Å². The van der Waals surface area contributed by atoms with Crippen molar-refractivity contribution in [2.75, 3.05) is 19.7 Å². The molecule has 2 aliphatic rings. The predicted octanol–water partition coefficient (Wildman–Crippen LogP) is 2.88. The number of hydrogen-bond donors (Lipinski definition) is 0. The summed E-state index contributed by atoms with van der Waals surface area (Å²) in [6.07, 6.45) is 1.18. The number of hydrogen-bond acceptors (Lipinski definition) is 4. The first kappa shape index (κ1) is 15.8.